The Balaban J connectivity index is 2.56. The average Bonchev–Trinajstić information content (AvgIpc) is 2.73. The maximum absolute atomic E-state index is 11.7. The molecule has 1 unspecified atom stereocenters. The predicted molar refractivity (Wildman–Crippen MR) is 69.5 cm³/mol. The van der Waals surface area contributed by atoms with Crippen LogP contribution in [0.25, 0.3) is 0 Å². The zero-order chi connectivity index (χ0) is 13.5. The Kier molecular flexibility index (Phi) is 6.31. The molecule has 0 N–H and O–H groups in total. The molecule has 0 saturated carbocycles. The Bertz CT molecular complexity index is 417. The van der Waals surface area contributed by atoms with Gasteiger partial charge >= 0.3 is 11.9 Å². The molecule has 5 nitrogen and oxygen atoms in total. The van der Waals surface area contributed by atoms with Gasteiger partial charge in [-0.25, -0.2) is 4.79 Å². The van der Waals surface area contributed by atoms with Gasteiger partial charge in [0, 0.05) is 17.0 Å². The number of methoxy groups -OCH3 is 2. The topological polar surface area (TPSA) is 61.8 Å². The minimum atomic E-state index is -1.02. The van der Waals surface area contributed by atoms with Crippen molar-refractivity contribution in [3.05, 3.63) is 20.8 Å². The lowest BCUT2D eigenvalue weighted by molar-refractivity contribution is -0.169. The molecule has 0 saturated heterocycles. The standard InChI is InChI=1S/C11H13BrO5S/c1-15-4-9(11(14)16-2)17-10(13)3-7-5-18-6-8(7)12/h5-6,9H,3-4H2,1-2H3. The molecule has 0 spiro atoms. The lowest BCUT2D eigenvalue weighted by atomic mass is 10.2. The first kappa shape index (κ1) is 15.1. The van der Waals surface area contributed by atoms with Crippen molar-refractivity contribution in [3.63, 3.8) is 0 Å². The molecule has 0 aliphatic carbocycles. The van der Waals surface area contributed by atoms with Gasteiger partial charge in [-0.15, -0.1) is 0 Å². The SMILES string of the molecule is COCC(OC(=O)Cc1cscc1Br)C(=O)OC. The number of thiophene rings is 1. The van der Waals surface area contributed by atoms with E-state index in [9.17, 15) is 9.59 Å². The summed E-state index contributed by atoms with van der Waals surface area (Å²) in [6.07, 6.45) is -0.925. The van der Waals surface area contributed by atoms with Gasteiger partial charge < -0.3 is 14.2 Å². The number of halogens is 1. The molecule has 0 bridgehead atoms. The quantitative estimate of drug-likeness (QED) is 0.741. The fourth-order valence-electron chi connectivity index (χ4n) is 1.22. The second-order valence-corrected chi connectivity index (χ2v) is 4.98. The molecule has 7 heteroatoms. The first-order valence-corrected chi connectivity index (χ1v) is 6.78. The maximum Gasteiger partial charge on any atom is 0.349 e. The predicted octanol–water partition coefficient (Wildman–Crippen LogP) is 1.78. The molecule has 100 valence electrons. The smallest absolute Gasteiger partial charge is 0.349 e. The van der Waals surface area contributed by atoms with Crippen LogP contribution in [0.3, 0.4) is 0 Å². The molecule has 0 aliphatic rings. The first-order chi connectivity index (χ1) is 8.58. The zero-order valence-corrected chi connectivity index (χ0v) is 12.4. The summed E-state index contributed by atoms with van der Waals surface area (Å²) in [5.74, 6) is -1.13. The van der Waals surface area contributed by atoms with Gasteiger partial charge in [0.1, 0.15) is 0 Å². The van der Waals surface area contributed by atoms with E-state index >= 15 is 0 Å². The van der Waals surface area contributed by atoms with Crippen molar-refractivity contribution in [2.75, 3.05) is 20.8 Å². The van der Waals surface area contributed by atoms with Crippen LogP contribution in [0, 0.1) is 0 Å². The van der Waals surface area contributed by atoms with Gasteiger partial charge in [-0.2, -0.15) is 11.3 Å². The normalized spacial score (nSPS) is 11.9. The fourth-order valence-corrected chi connectivity index (χ4v) is 2.67. The van der Waals surface area contributed by atoms with E-state index in [0.29, 0.717) is 0 Å². The molecular formula is C11H13BrO5S. The van der Waals surface area contributed by atoms with E-state index in [2.05, 4.69) is 20.7 Å². The molecule has 1 atom stereocenters. The summed E-state index contributed by atoms with van der Waals surface area (Å²) in [4.78, 5) is 23.0. The molecule has 0 amide bonds. The number of carbonyl (C=O) groups excluding carboxylic acids is 2. The molecule has 0 aliphatic heterocycles. The Hall–Kier alpha value is -0.920. The fraction of sp³-hybridized carbons (Fsp3) is 0.455. The molecule has 1 aromatic heterocycles. The monoisotopic (exact) mass is 336 g/mol. The highest BCUT2D eigenvalue weighted by atomic mass is 79.9. The third-order valence-corrected chi connectivity index (χ3v) is 3.91. The Morgan fingerprint density at radius 1 is 1.39 bits per heavy atom. The van der Waals surface area contributed by atoms with Crippen molar-refractivity contribution in [3.8, 4) is 0 Å². The highest BCUT2D eigenvalue weighted by molar-refractivity contribution is 9.10. The van der Waals surface area contributed by atoms with E-state index in [4.69, 9.17) is 9.47 Å². The van der Waals surface area contributed by atoms with Crippen LogP contribution in [0.5, 0.6) is 0 Å². The lowest BCUT2D eigenvalue weighted by Gasteiger charge is -2.14. The summed E-state index contributed by atoms with van der Waals surface area (Å²) in [7, 11) is 2.65. The number of hydrogen-bond donors (Lipinski definition) is 0. The molecule has 0 fully saturated rings. The maximum atomic E-state index is 11.7. The van der Waals surface area contributed by atoms with Gasteiger partial charge in [-0.05, 0) is 26.9 Å². The van der Waals surface area contributed by atoms with Gasteiger partial charge in [-0.1, -0.05) is 0 Å². The minimum absolute atomic E-state index is 0.0246. The van der Waals surface area contributed by atoms with E-state index in [1.54, 1.807) is 0 Å². The average molecular weight is 337 g/mol. The lowest BCUT2D eigenvalue weighted by Crippen LogP contribution is -2.33. The van der Waals surface area contributed by atoms with Gasteiger partial charge in [0.2, 0.25) is 6.10 Å². The molecular weight excluding hydrogens is 324 g/mol. The van der Waals surface area contributed by atoms with Crippen molar-refractivity contribution in [2.24, 2.45) is 0 Å². The van der Waals surface area contributed by atoms with Gasteiger partial charge in [0.05, 0.1) is 20.1 Å². The highest BCUT2D eigenvalue weighted by Crippen LogP contribution is 2.22. The van der Waals surface area contributed by atoms with Crippen LogP contribution in [-0.2, 0) is 30.2 Å². The summed E-state index contributed by atoms with van der Waals surface area (Å²) in [5, 5.41) is 3.71. The van der Waals surface area contributed by atoms with Crippen LogP contribution in [0.15, 0.2) is 15.2 Å². The Morgan fingerprint density at radius 3 is 2.61 bits per heavy atom. The second kappa shape index (κ2) is 7.50. The van der Waals surface area contributed by atoms with E-state index in [-0.39, 0.29) is 13.0 Å². The van der Waals surface area contributed by atoms with Gasteiger partial charge in [0.15, 0.2) is 0 Å². The Labute approximate surface area is 117 Å². The third-order valence-electron chi connectivity index (χ3n) is 2.08. The number of esters is 2. The van der Waals surface area contributed by atoms with Crippen LogP contribution in [-0.4, -0.2) is 38.9 Å². The highest BCUT2D eigenvalue weighted by Gasteiger charge is 2.24. The molecule has 1 heterocycles. The van der Waals surface area contributed by atoms with E-state index < -0.39 is 18.0 Å². The first-order valence-electron chi connectivity index (χ1n) is 5.05. The molecule has 1 aromatic rings. The van der Waals surface area contributed by atoms with Crippen LogP contribution >= 0.6 is 27.3 Å². The number of rotatable bonds is 6. The zero-order valence-electron chi connectivity index (χ0n) is 9.97. The van der Waals surface area contributed by atoms with Crippen LogP contribution < -0.4 is 0 Å². The summed E-state index contributed by atoms with van der Waals surface area (Å²) in [6.45, 7) is -0.0246. The number of hydrogen-bond acceptors (Lipinski definition) is 6. The summed E-state index contributed by atoms with van der Waals surface area (Å²) in [5.41, 5.74) is 0.825. The largest absolute Gasteiger partial charge is 0.466 e. The number of ether oxygens (including phenoxy) is 3. The van der Waals surface area contributed by atoms with E-state index in [1.165, 1.54) is 25.6 Å². The van der Waals surface area contributed by atoms with Crippen molar-refractivity contribution < 1.29 is 23.8 Å². The second-order valence-electron chi connectivity index (χ2n) is 3.38. The van der Waals surface area contributed by atoms with Crippen LogP contribution in [0.4, 0.5) is 0 Å². The summed E-state index contributed by atoms with van der Waals surface area (Å²) in [6, 6.07) is 0. The number of carbonyl (C=O) groups is 2. The van der Waals surface area contributed by atoms with Crippen molar-refractivity contribution in [2.45, 2.75) is 12.5 Å². The Morgan fingerprint density at radius 2 is 2.11 bits per heavy atom. The van der Waals surface area contributed by atoms with Gasteiger partial charge in [0.25, 0.3) is 0 Å². The molecule has 0 radical (unpaired) electrons. The van der Waals surface area contributed by atoms with Crippen molar-refractivity contribution >= 4 is 39.2 Å². The van der Waals surface area contributed by atoms with E-state index in [0.717, 1.165) is 10.0 Å². The third kappa shape index (κ3) is 4.40. The molecule has 0 aromatic carbocycles. The van der Waals surface area contributed by atoms with Crippen molar-refractivity contribution in [1.82, 2.24) is 0 Å². The van der Waals surface area contributed by atoms with Crippen LogP contribution in [0.1, 0.15) is 5.56 Å². The van der Waals surface area contributed by atoms with Gasteiger partial charge in [-0.3, -0.25) is 4.79 Å². The van der Waals surface area contributed by atoms with Crippen LogP contribution in [0.2, 0.25) is 0 Å². The molecule has 18 heavy (non-hydrogen) atoms. The van der Waals surface area contributed by atoms with Crippen molar-refractivity contribution in [1.29, 1.82) is 0 Å². The van der Waals surface area contributed by atoms with E-state index in [1.807, 2.05) is 10.8 Å². The molecule has 1 rings (SSSR count). The minimum Gasteiger partial charge on any atom is -0.466 e. The summed E-state index contributed by atoms with van der Waals surface area (Å²) < 4.78 is 15.2. The summed E-state index contributed by atoms with van der Waals surface area (Å²) >= 11 is 4.80.